The Morgan fingerprint density at radius 2 is 1.66 bits per heavy atom. The molecule has 9 nitrogen and oxygen atoms in total. The summed E-state index contributed by atoms with van der Waals surface area (Å²) in [5.41, 5.74) is 0.500. The van der Waals surface area contributed by atoms with Gasteiger partial charge in [0.25, 0.3) is 0 Å². The number of benzene rings is 3. The SMILES string of the molecule is COc1cccc([C@H]2C3=CC[C@@H]4C(=O)N(c5ccc(C(C)=O)cc5)C(=O)[C@@H]4[C@@H]3C[C@H]3C(=O)N(c4ccc(F)c(Cl)c4)C(=O)[C@@]23C)c1O. The van der Waals surface area contributed by atoms with Crippen LogP contribution in [0, 0.1) is 34.9 Å². The highest BCUT2D eigenvalue weighted by Gasteiger charge is 2.68. The number of carbonyl (C=O) groups is 5. The van der Waals surface area contributed by atoms with Crippen molar-refractivity contribution in [1.29, 1.82) is 0 Å². The molecule has 3 fully saturated rings. The number of fused-ring (bicyclic) bond motifs is 4. The lowest BCUT2D eigenvalue weighted by Gasteiger charge is -2.49. The Bertz CT molecular complexity index is 1940. The second-order valence-electron chi connectivity index (χ2n) is 12.8. The van der Waals surface area contributed by atoms with Gasteiger partial charge in [-0.2, -0.15) is 0 Å². The minimum absolute atomic E-state index is 0.0941. The average molecular weight is 657 g/mol. The summed E-state index contributed by atoms with van der Waals surface area (Å²) in [6.07, 6.45) is 2.18. The van der Waals surface area contributed by atoms with Crippen molar-refractivity contribution < 1.29 is 38.2 Å². The zero-order chi connectivity index (χ0) is 33.5. The summed E-state index contributed by atoms with van der Waals surface area (Å²) < 4.78 is 19.5. The molecule has 2 aliphatic heterocycles. The van der Waals surface area contributed by atoms with Gasteiger partial charge in [0.2, 0.25) is 23.6 Å². The third-order valence-corrected chi connectivity index (χ3v) is 10.8. The van der Waals surface area contributed by atoms with Gasteiger partial charge in [-0.05, 0) is 81.1 Å². The van der Waals surface area contributed by atoms with E-state index in [4.69, 9.17) is 16.3 Å². The predicted molar refractivity (Wildman–Crippen MR) is 170 cm³/mol. The van der Waals surface area contributed by atoms with Crippen LogP contribution in [0.4, 0.5) is 15.8 Å². The number of phenols is 1. The Kier molecular flexibility index (Phi) is 7.13. The fourth-order valence-corrected chi connectivity index (χ4v) is 8.44. The first-order chi connectivity index (χ1) is 22.4. The summed E-state index contributed by atoms with van der Waals surface area (Å²) in [5.74, 6) is -6.75. The van der Waals surface area contributed by atoms with Crippen LogP contribution in [-0.4, -0.2) is 41.6 Å². The Balaban J connectivity index is 1.36. The number of ether oxygens (including phenoxy) is 1. The van der Waals surface area contributed by atoms with Crippen LogP contribution < -0.4 is 14.5 Å². The number of hydrogen-bond donors (Lipinski definition) is 1. The Hall–Kier alpha value is -4.83. The van der Waals surface area contributed by atoms with Crippen molar-refractivity contribution in [3.63, 3.8) is 0 Å². The first kappa shape index (κ1) is 30.8. The number of hydrogen-bond acceptors (Lipinski definition) is 7. The van der Waals surface area contributed by atoms with Gasteiger partial charge >= 0.3 is 0 Å². The van der Waals surface area contributed by atoms with E-state index in [1.807, 2.05) is 6.08 Å². The number of amides is 4. The van der Waals surface area contributed by atoms with E-state index in [9.17, 15) is 33.5 Å². The Morgan fingerprint density at radius 3 is 2.32 bits per heavy atom. The first-order valence-electron chi connectivity index (χ1n) is 15.3. The predicted octanol–water partition coefficient (Wildman–Crippen LogP) is 5.83. The Morgan fingerprint density at radius 1 is 0.957 bits per heavy atom. The van der Waals surface area contributed by atoms with E-state index < -0.39 is 58.5 Å². The summed E-state index contributed by atoms with van der Waals surface area (Å²) >= 11 is 6.06. The van der Waals surface area contributed by atoms with Gasteiger partial charge < -0.3 is 9.84 Å². The minimum Gasteiger partial charge on any atom is -0.504 e. The second kappa shape index (κ2) is 10.9. The largest absolute Gasteiger partial charge is 0.504 e. The number of Topliss-reactive ketones (excluding diaryl/α,β-unsaturated/α-hetero) is 1. The molecule has 0 radical (unpaired) electrons. The van der Waals surface area contributed by atoms with Crippen molar-refractivity contribution in [2.24, 2.45) is 29.1 Å². The summed E-state index contributed by atoms with van der Waals surface area (Å²) in [6, 6.07) is 14.8. The van der Waals surface area contributed by atoms with E-state index in [1.54, 1.807) is 49.4 Å². The maximum Gasteiger partial charge on any atom is 0.241 e. The molecule has 3 aromatic carbocycles. The number of carbonyl (C=O) groups excluding carboxylic acids is 5. The van der Waals surface area contributed by atoms with E-state index in [-0.39, 0.29) is 46.7 Å². The van der Waals surface area contributed by atoms with E-state index in [0.717, 1.165) is 15.9 Å². The van der Waals surface area contributed by atoms with Crippen LogP contribution in [0.15, 0.2) is 72.3 Å². The maximum atomic E-state index is 14.5. The van der Waals surface area contributed by atoms with Gasteiger partial charge in [0.1, 0.15) is 5.82 Å². The molecule has 2 aliphatic carbocycles. The molecule has 0 bridgehead atoms. The van der Waals surface area contributed by atoms with Crippen molar-refractivity contribution in [2.75, 3.05) is 16.9 Å². The molecule has 11 heteroatoms. The second-order valence-corrected chi connectivity index (χ2v) is 13.2. The molecule has 0 spiro atoms. The van der Waals surface area contributed by atoms with Gasteiger partial charge in [0.05, 0.1) is 46.7 Å². The smallest absolute Gasteiger partial charge is 0.241 e. The van der Waals surface area contributed by atoms with Crippen molar-refractivity contribution >= 4 is 52.4 Å². The number of halogens is 2. The zero-order valence-electron chi connectivity index (χ0n) is 25.7. The number of ketones is 1. The number of methoxy groups -OCH3 is 1. The van der Waals surface area contributed by atoms with E-state index >= 15 is 0 Å². The normalized spacial score (nSPS) is 28.2. The topological polar surface area (TPSA) is 121 Å². The molecule has 2 heterocycles. The fourth-order valence-electron chi connectivity index (χ4n) is 8.27. The summed E-state index contributed by atoms with van der Waals surface area (Å²) in [6.45, 7) is 3.11. The van der Waals surface area contributed by atoms with Gasteiger partial charge in [-0.15, -0.1) is 0 Å². The van der Waals surface area contributed by atoms with Crippen LogP contribution in [0.25, 0.3) is 0 Å². The molecule has 0 unspecified atom stereocenters. The molecule has 1 N–H and O–H groups in total. The highest BCUT2D eigenvalue weighted by atomic mass is 35.5. The van der Waals surface area contributed by atoms with Crippen molar-refractivity contribution in [3.8, 4) is 11.5 Å². The first-order valence-corrected chi connectivity index (χ1v) is 15.7. The molecule has 2 saturated heterocycles. The molecule has 1 saturated carbocycles. The molecule has 240 valence electrons. The average Bonchev–Trinajstić information content (AvgIpc) is 3.42. The molecular weight excluding hydrogens is 627 g/mol. The molecular formula is C36H30ClFN2O7. The number of nitrogens with zero attached hydrogens (tertiary/aromatic N) is 2. The number of para-hydroxylation sites is 1. The number of aromatic hydroxyl groups is 1. The van der Waals surface area contributed by atoms with E-state index in [2.05, 4.69) is 0 Å². The van der Waals surface area contributed by atoms with Gasteiger partial charge in [0.15, 0.2) is 17.3 Å². The third kappa shape index (κ3) is 4.30. The van der Waals surface area contributed by atoms with Gasteiger partial charge in [-0.1, -0.05) is 35.4 Å². The van der Waals surface area contributed by atoms with Crippen LogP contribution in [0.5, 0.6) is 11.5 Å². The highest BCUT2D eigenvalue weighted by Crippen LogP contribution is 2.65. The van der Waals surface area contributed by atoms with Crippen molar-refractivity contribution in [2.45, 2.75) is 32.6 Å². The molecule has 4 aliphatic rings. The quantitative estimate of drug-likeness (QED) is 0.208. The molecule has 0 aromatic heterocycles. The van der Waals surface area contributed by atoms with Crippen LogP contribution in [0.1, 0.15) is 48.5 Å². The lowest BCUT2D eigenvalue weighted by molar-refractivity contribution is -0.131. The van der Waals surface area contributed by atoms with Crippen LogP contribution >= 0.6 is 11.6 Å². The lowest BCUT2D eigenvalue weighted by atomic mass is 9.51. The van der Waals surface area contributed by atoms with Gasteiger partial charge in [-0.3, -0.25) is 28.9 Å². The number of allylic oxidation sites excluding steroid dienone is 2. The number of imide groups is 2. The summed E-state index contributed by atoms with van der Waals surface area (Å²) in [5, 5.41) is 11.2. The van der Waals surface area contributed by atoms with Crippen LogP contribution in [0.3, 0.4) is 0 Å². The summed E-state index contributed by atoms with van der Waals surface area (Å²) in [7, 11) is 1.40. The molecule has 47 heavy (non-hydrogen) atoms. The molecule has 6 atom stereocenters. The van der Waals surface area contributed by atoms with E-state index in [1.165, 1.54) is 26.2 Å². The lowest BCUT2D eigenvalue weighted by Crippen LogP contribution is -2.48. The molecule has 3 aromatic rings. The van der Waals surface area contributed by atoms with E-state index in [0.29, 0.717) is 22.4 Å². The number of rotatable bonds is 5. The third-order valence-electron chi connectivity index (χ3n) is 10.5. The van der Waals surface area contributed by atoms with Crippen molar-refractivity contribution in [3.05, 3.63) is 94.3 Å². The standard InChI is InChI=1S/C36H30ClFN2O7/c1-17(41)18-7-9-19(10-8-18)39-32(43)22-13-12-21-24(29(22)34(39)45)16-25-33(44)40(20-11-14-27(38)26(37)15-20)35(46)36(25,2)30(21)23-5-4-6-28(47-3)31(23)42/h4-12,14-15,22,24-25,29-30,42H,13,16H2,1-3H3/t22-,24+,25-,29-,30+,36+/m0/s1. The van der Waals surface area contributed by atoms with Crippen LogP contribution in [0.2, 0.25) is 5.02 Å². The van der Waals surface area contributed by atoms with Crippen molar-refractivity contribution in [1.82, 2.24) is 0 Å². The molecule has 7 rings (SSSR count). The fraction of sp³-hybridized carbons (Fsp3) is 0.306. The van der Waals surface area contributed by atoms with Crippen LogP contribution in [-0.2, 0) is 19.2 Å². The van der Waals surface area contributed by atoms with Gasteiger partial charge in [-0.25, -0.2) is 9.29 Å². The maximum absolute atomic E-state index is 14.5. The van der Waals surface area contributed by atoms with Gasteiger partial charge in [0, 0.05) is 17.0 Å². The zero-order valence-corrected chi connectivity index (χ0v) is 26.5. The Labute approximate surface area is 274 Å². The number of anilines is 2. The number of phenolic OH excluding ortho intramolecular Hbond substituents is 1. The molecule has 4 amide bonds. The summed E-state index contributed by atoms with van der Waals surface area (Å²) in [4.78, 5) is 70.9. The monoisotopic (exact) mass is 656 g/mol. The highest BCUT2D eigenvalue weighted by molar-refractivity contribution is 6.32. The minimum atomic E-state index is -1.43.